The van der Waals surface area contributed by atoms with Crippen molar-refractivity contribution in [2.24, 2.45) is 17.6 Å². The number of aromatic carboxylic acids is 1. The van der Waals surface area contributed by atoms with Gasteiger partial charge in [-0.2, -0.15) is 0 Å². The minimum atomic E-state index is -1.13. The van der Waals surface area contributed by atoms with E-state index in [1.807, 2.05) is 13.8 Å². The molecular formula is C14H20N2O4. The molecule has 0 fully saturated rings. The third-order valence-corrected chi connectivity index (χ3v) is 3.11. The third kappa shape index (κ3) is 3.71. The fraction of sp³-hybridized carbons (Fsp3) is 0.429. The van der Waals surface area contributed by atoms with Gasteiger partial charge in [0.1, 0.15) is 5.75 Å². The number of carboxylic acid groups (broad SMARTS) is 1. The van der Waals surface area contributed by atoms with Gasteiger partial charge in [-0.3, -0.25) is 4.79 Å². The zero-order chi connectivity index (χ0) is 15.3. The highest BCUT2D eigenvalue weighted by atomic mass is 16.5. The van der Waals surface area contributed by atoms with Gasteiger partial charge in [0.25, 0.3) is 0 Å². The first-order chi connectivity index (χ1) is 9.40. The van der Waals surface area contributed by atoms with Crippen molar-refractivity contribution >= 4 is 17.6 Å². The lowest BCUT2D eigenvalue weighted by atomic mass is 9.95. The Bertz CT molecular complexity index is 500. The molecule has 1 rings (SSSR count). The summed E-state index contributed by atoms with van der Waals surface area (Å²) in [6.07, 6.45) is 0. The van der Waals surface area contributed by atoms with E-state index >= 15 is 0 Å². The van der Waals surface area contributed by atoms with Crippen LogP contribution in [0.15, 0.2) is 18.2 Å². The summed E-state index contributed by atoms with van der Waals surface area (Å²) in [6, 6.07) is 4.47. The molecule has 0 bridgehead atoms. The smallest absolute Gasteiger partial charge is 0.337 e. The number of rotatable bonds is 6. The molecule has 1 unspecified atom stereocenters. The van der Waals surface area contributed by atoms with Gasteiger partial charge in [-0.1, -0.05) is 13.8 Å². The average Bonchev–Trinajstić information content (AvgIpc) is 2.39. The second-order valence-corrected chi connectivity index (χ2v) is 4.79. The predicted molar refractivity (Wildman–Crippen MR) is 76.0 cm³/mol. The molecule has 1 atom stereocenters. The van der Waals surface area contributed by atoms with Crippen LogP contribution in [0.5, 0.6) is 5.75 Å². The van der Waals surface area contributed by atoms with Crippen LogP contribution in [0.25, 0.3) is 0 Å². The van der Waals surface area contributed by atoms with E-state index < -0.39 is 5.97 Å². The molecule has 0 radical (unpaired) electrons. The van der Waals surface area contributed by atoms with E-state index in [0.29, 0.717) is 5.75 Å². The highest BCUT2D eigenvalue weighted by Crippen LogP contribution is 2.23. The molecule has 0 aliphatic carbocycles. The van der Waals surface area contributed by atoms with Crippen LogP contribution in [0.4, 0.5) is 5.69 Å². The van der Waals surface area contributed by atoms with Gasteiger partial charge in [0.05, 0.1) is 24.3 Å². The summed E-state index contributed by atoms with van der Waals surface area (Å²) in [6.45, 7) is 3.99. The SMILES string of the molecule is COc1ccc(NC(=O)C(CN)C(C)C)c(C(=O)O)c1. The Kier molecular flexibility index (Phi) is 5.52. The van der Waals surface area contributed by atoms with E-state index in [1.54, 1.807) is 6.07 Å². The molecule has 0 heterocycles. The summed E-state index contributed by atoms with van der Waals surface area (Å²) < 4.78 is 4.98. The van der Waals surface area contributed by atoms with Gasteiger partial charge in [0.2, 0.25) is 5.91 Å². The number of ether oxygens (including phenoxy) is 1. The predicted octanol–water partition coefficient (Wildman–Crippen LogP) is 1.56. The van der Waals surface area contributed by atoms with Crippen LogP contribution in [-0.2, 0) is 4.79 Å². The zero-order valence-electron chi connectivity index (χ0n) is 11.8. The number of carboxylic acids is 1. The van der Waals surface area contributed by atoms with Gasteiger partial charge in [0.15, 0.2) is 0 Å². The Labute approximate surface area is 117 Å². The van der Waals surface area contributed by atoms with E-state index in [-0.39, 0.29) is 35.5 Å². The summed E-state index contributed by atoms with van der Waals surface area (Å²) in [4.78, 5) is 23.3. The molecule has 0 saturated heterocycles. The number of nitrogens with one attached hydrogen (secondary N) is 1. The van der Waals surface area contributed by atoms with E-state index in [0.717, 1.165) is 0 Å². The van der Waals surface area contributed by atoms with Crippen LogP contribution in [0, 0.1) is 11.8 Å². The van der Waals surface area contributed by atoms with Gasteiger partial charge in [0, 0.05) is 6.54 Å². The lowest BCUT2D eigenvalue weighted by Crippen LogP contribution is -2.33. The summed E-state index contributed by atoms with van der Waals surface area (Å²) in [5.41, 5.74) is 5.80. The molecular weight excluding hydrogens is 260 g/mol. The number of carbonyl (C=O) groups excluding carboxylic acids is 1. The molecule has 1 aromatic rings. The summed E-state index contributed by atoms with van der Waals surface area (Å²) in [7, 11) is 1.45. The topological polar surface area (TPSA) is 102 Å². The molecule has 20 heavy (non-hydrogen) atoms. The number of benzene rings is 1. The lowest BCUT2D eigenvalue weighted by molar-refractivity contribution is -0.120. The largest absolute Gasteiger partial charge is 0.497 e. The fourth-order valence-electron chi connectivity index (χ4n) is 1.84. The van der Waals surface area contributed by atoms with Gasteiger partial charge in [-0.25, -0.2) is 4.79 Å². The minimum absolute atomic E-state index is 0.0165. The highest BCUT2D eigenvalue weighted by molar-refractivity contribution is 6.01. The molecule has 0 aliphatic rings. The number of carbonyl (C=O) groups is 2. The molecule has 0 aromatic heterocycles. The third-order valence-electron chi connectivity index (χ3n) is 3.11. The van der Waals surface area contributed by atoms with E-state index in [1.165, 1.54) is 19.2 Å². The molecule has 0 spiro atoms. The van der Waals surface area contributed by atoms with Crippen LogP contribution < -0.4 is 15.8 Å². The van der Waals surface area contributed by atoms with Crippen molar-refractivity contribution in [3.8, 4) is 5.75 Å². The number of hydrogen-bond acceptors (Lipinski definition) is 4. The Morgan fingerprint density at radius 1 is 1.40 bits per heavy atom. The number of amides is 1. The van der Waals surface area contributed by atoms with E-state index in [2.05, 4.69) is 5.32 Å². The van der Waals surface area contributed by atoms with Crippen molar-refractivity contribution in [3.05, 3.63) is 23.8 Å². The van der Waals surface area contributed by atoms with Crippen molar-refractivity contribution in [2.75, 3.05) is 19.0 Å². The summed E-state index contributed by atoms with van der Waals surface area (Å²) in [5.74, 6) is -1.28. The van der Waals surface area contributed by atoms with Crippen molar-refractivity contribution < 1.29 is 19.4 Å². The maximum Gasteiger partial charge on any atom is 0.337 e. The van der Waals surface area contributed by atoms with Gasteiger partial charge >= 0.3 is 5.97 Å². The molecule has 4 N–H and O–H groups in total. The number of methoxy groups -OCH3 is 1. The van der Waals surface area contributed by atoms with Gasteiger partial charge < -0.3 is 20.9 Å². The Morgan fingerprint density at radius 3 is 2.50 bits per heavy atom. The molecule has 6 heteroatoms. The second-order valence-electron chi connectivity index (χ2n) is 4.79. The van der Waals surface area contributed by atoms with Crippen LogP contribution in [-0.4, -0.2) is 30.6 Å². The van der Waals surface area contributed by atoms with Crippen molar-refractivity contribution in [2.45, 2.75) is 13.8 Å². The van der Waals surface area contributed by atoms with Gasteiger partial charge in [-0.05, 0) is 24.1 Å². The first kappa shape index (κ1) is 16.0. The Balaban J connectivity index is 3.02. The number of nitrogens with two attached hydrogens (primary N) is 1. The normalized spacial score (nSPS) is 12.1. The second kappa shape index (κ2) is 6.91. The van der Waals surface area contributed by atoms with Crippen molar-refractivity contribution in [1.82, 2.24) is 0 Å². The monoisotopic (exact) mass is 280 g/mol. The number of hydrogen-bond donors (Lipinski definition) is 3. The maximum atomic E-state index is 12.1. The van der Waals surface area contributed by atoms with Crippen LogP contribution in [0.3, 0.4) is 0 Å². The first-order valence-corrected chi connectivity index (χ1v) is 6.33. The van der Waals surface area contributed by atoms with E-state index in [4.69, 9.17) is 10.5 Å². The maximum absolute atomic E-state index is 12.1. The molecule has 6 nitrogen and oxygen atoms in total. The standard InChI is InChI=1S/C14H20N2O4/c1-8(2)11(7-15)13(17)16-12-5-4-9(20-3)6-10(12)14(18)19/h4-6,8,11H,7,15H2,1-3H3,(H,16,17)(H,18,19). The van der Waals surface area contributed by atoms with Crippen molar-refractivity contribution in [3.63, 3.8) is 0 Å². The fourth-order valence-corrected chi connectivity index (χ4v) is 1.84. The molecule has 0 saturated carbocycles. The molecule has 0 aliphatic heterocycles. The molecule has 1 aromatic carbocycles. The first-order valence-electron chi connectivity index (χ1n) is 6.33. The van der Waals surface area contributed by atoms with E-state index in [9.17, 15) is 14.7 Å². The van der Waals surface area contributed by atoms with Crippen LogP contribution in [0.1, 0.15) is 24.2 Å². The average molecular weight is 280 g/mol. The summed E-state index contributed by atoms with van der Waals surface area (Å²) in [5, 5.41) is 11.8. The minimum Gasteiger partial charge on any atom is -0.497 e. The van der Waals surface area contributed by atoms with Crippen molar-refractivity contribution in [1.29, 1.82) is 0 Å². The molecule has 110 valence electrons. The quantitative estimate of drug-likeness (QED) is 0.734. The number of anilines is 1. The molecule has 1 amide bonds. The van der Waals surface area contributed by atoms with Crippen LogP contribution in [0.2, 0.25) is 0 Å². The Hall–Kier alpha value is -2.08. The summed E-state index contributed by atoms with van der Waals surface area (Å²) >= 11 is 0. The highest BCUT2D eigenvalue weighted by Gasteiger charge is 2.22. The zero-order valence-corrected chi connectivity index (χ0v) is 11.8. The van der Waals surface area contributed by atoms with Gasteiger partial charge in [-0.15, -0.1) is 0 Å². The van der Waals surface area contributed by atoms with Crippen LogP contribution >= 0.6 is 0 Å². The lowest BCUT2D eigenvalue weighted by Gasteiger charge is -2.19. The Morgan fingerprint density at radius 2 is 2.05 bits per heavy atom.